The third kappa shape index (κ3) is 0.787. The molecule has 2 amide bonds. The Morgan fingerprint density at radius 1 is 2.00 bits per heavy atom. The second-order valence-corrected chi connectivity index (χ2v) is 1.05. The maximum Gasteiger partial charge on any atom is 0.367 e. The van der Waals surface area contributed by atoms with Gasteiger partial charge in [0.1, 0.15) is 0 Å². The number of hydrogen-bond donors (Lipinski definition) is 2. The highest BCUT2D eigenvalue weighted by atomic mass is 16.8. The number of hydroxylamine groups is 3. The maximum atomic E-state index is 10.0. The van der Waals surface area contributed by atoms with E-state index in [2.05, 4.69) is 4.84 Å². The lowest BCUT2D eigenvalue weighted by Gasteiger charge is -1.89. The number of nitrogens with one attached hydrogen (secondary N) is 1. The summed E-state index contributed by atoms with van der Waals surface area (Å²) in [6.07, 6.45) is 0. The number of carbonyl (C=O) groups is 1. The minimum atomic E-state index is -0.625. The van der Waals surface area contributed by atoms with Gasteiger partial charge in [-0.3, -0.25) is 5.21 Å². The Morgan fingerprint density at radius 2 is 2.57 bits per heavy atom. The van der Waals surface area contributed by atoms with E-state index in [1.54, 1.807) is 0 Å². The van der Waals surface area contributed by atoms with Gasteiger partial charge in [0.25, 0.3) is 0 Å². The molecule has 0 saturated carbocycles. The lowest BCUT2D eigenvalue weighted by Crippen LogP contribution is -2.24. The smallest absolute Gasteiger partial charge is 0.287 e. The maximum absolute atomic E-state index is 10.0. The summed E-state index contributed by atoms with van der Waals surface area (Å²) >= 11 is 0. The second-order valence-electron chi connectivity index (χ2n) is 1.05. The third-order valence-electron chi connectivity index (χ3n) is 0.580. The van der Waals surface area contributed by atoms with Crippen LogP contribution in [0.15, 0.2) is 0 Å². The Balaban J connectivity index is 2.24. The van der Waals surface area contributed by atoms with E-state index in [0.29, 0.717) is 0 Å². The van der Waals surface area contributed by atoms with Crippen LogP contribution in [0.5, 0.6) is 0 Å². The molecule has 5 heteroatoms. The van der Waals surface area contributed by atoms with Crippen LogP contribution >= 0.6 is 0 Å². The Labute approximate surface area is 39.4 Å². The largest absolute Gasteiger partial charge is 0.367 e. The molecule has 0 unspecified atom stereocenters. The Bertz CT molecular complexity index is 88.9. The van der Waals surface area contributed by atoms with Crippen LogP contribution in [0.2, 0.25) is 0 Å². The lowest BCUT2D eigenvalue weighted by atomic mass is 11.0. The zero-order valence-corrected chi connectivity index (χ0v) is 3.42. The van der Waals surface area contributed by atoms with Gasteiger partial charge < -0.3 is 0 Å². The predicted molar refractivity (Wildman–Crippen MR) is 18.1 cm³/mol. The average Bonchev–Trinajstić information content (AvgIpc) is 2.44. The van der Waals surface area contributed by atoms with Crippen LogP contribution in [0, 0.1) is 0 Å². The number of nitrogens with zero attached hydrogens (tertiary/aromatic N) is 1. The lowest BCUT2D eigenvalue weighted by molar-refractivity contribution is 0.119. The summed E-state index contributed by atoms with van der Waals surface area (Å²) in [4.78, 5) is 14.3. The minimum absolute atomic E-state index is 0.270. The van der Waals surface area contributed by atoms with Crippen molar-refractivity contribution in [3.05, 3.63) is 0 Å². The van der Waals surface area contributed by atoms with Gasteiger partial charge in [-0.1, -0.05) is 0 Å². The molecule has 1 heterocycles. The molecule has 0 bridgehead atoms. The highest BCUT2D eigenvalue weighted by Gasteiger charge is 2.25. The number of rotatable bonds is 0. The molecular weight excluding hydrogens is 100 g/mol. The molecule has 0 aromatic carbocycles. The first-order valence-electron chi connectivity index (χ1n) is 1.69. The van der Waals surface area contributed by atoms with Gasteiger partial charge in [0.05, 0.1) is 0 Å². The summed E-state index contributed by atoms with van der Waals surface area (Å²) in [5.74, 6) is 0. The fraction of sp³-hybridized carbons (Fsp3) is 0.500. The van der Waals surface area contributed by atoms with E-state index >= 15 is 0 Å². The van der Waals surface area contributed by atoms with Crippen molar-refractivity contribution in [2.45, 2.75) is 0 Å². The molecule has 1 aliphatic heterocycles. The summed E-state index contributed by atoms with van der Waals surface area (Å²) in [5, 5.41) is 8.80. The standard InChI is InChI=1S/C2H4N2O3/c5-2(3-6)4-1-7-4/h6H,1H2,(H,3,5). The molecule has 0 radical (unpaired) electrons. The average molecular weight is 104 g/mol. The second kappa shape index (κ2) is 1.36. The van der Waals surface area contributed by atoms with Crippen LogP contribution in [0.1, 0.15) is 0 Å². The van der Waals surface area contributed by atoms with Crippen LogP contribution in [0.25, 0.3) is 0 Å². The first kappa shape index (κ1) is 4.35. The molecule has 1 fully saturated rings. The molecule has 1 rings (SSSR count). The quantitative estimate of drug-likeness (QED) is 0.242. The topological polar surface area (TPSA) is 64.9 Å². The molecule has 0 aromatic heterocycles. The minimum Gasteiger partial charge on any atom is -0.287 e. The number of amides is 2. The van der Waals surface area contributed by atoms with Crippen molar-refractivity contribution in [3.63, 3.8) is 0 Å². The monoisotopic (exact) mass is 104 g/mol. The first-order valence-corrected chi connectivity index (χ1v) is 1.69. The molecule has 0 aliphatic carbocycles. The van der Waals surface area contributed by atoms with Gasteiger partial charge >= 0.3 is 6.03 Å². The van der Waals surface area contributed by atoms with E-state index in [4.69, 9.17) is 5.21 Å². The highest BCUT2D eigenvalue weighted by molar-refractivity contribution is 5.72. The van der Waals surface area contributed by atoms with Crippen molar-refractivity contribution in [2.75, 3.05) is 6.73 Å². The van der Waals surface area contributed by atoms with Gasteiger partial charge in [0.15, 0.2) is 6.73 Å². The molecule has 2 N–H and O–H groups in total. The van der Waals surface area contributed by atoms with Crippen molar-refractivity contribution < 1.29 is 14.8 Å². The molecule has 40 valence electrons. The molecule has 0 atom stereocenters. The van der Waals surface area contributed by atoms with E-state index < -0.39 is 6.03 Å². The zero-order valence-electron chi connectivity index (χ0n) is 3.42. The predicted octanol–water partition coefficient (Wildman–Crippen LogP) is -0.710. The molecule has 0 spiro atoms. The van der Waals surface area contributed by atoms with Crippen molar-refractivity contribution in [2.24, 2.45) is 0 Å². The number of urea groups is 1. The van der Waals surface area contributed by atoms with Gasteiger partial charge in [0, 0.05) is 0 Å². The molecule has 1 saturated heterocycles. The van der Waals surface area contributed by atoms with Crippen LogP contribution in [-0.2, 0) is 4.84 Å². The summed E-state index contributed by atoms with van der Waals surface area (Å²) in [5.41, 5.74) is 1.39. The fourth-order valence-electron chi connectivity index (χ4n) is 0.202. The van der Waals surface area contributed by atoms with E-state index in [0.717, 1.165) is 5.06 Å². The first-order chi connectivity index (χ1) is 3.34. The Morgan fingerprint density at radius 3 is 2.71 bits per heavy atom. The zero-order chi connectivity index (χ0) is 5.28. The summed E-state index contributed by atoms with van der Waals surface area (Å²) in [6, 6.07) is -0.625. The van der Waals surface area contributed by atoms with Crippen LogP contribution in [0.4, 0.5) is 4.79 Å². The fourth-order valence-corrected chi connectivity index (χ4v) is 0.202. The third-order valence-corrected chi connectivity index (χ3v) is 0.580. The van der Waals surface area contributed by atoms with Gasteiger partial charge in [-0.05, 0) is 0 Å². The molecule has 7 heavy (non-hydrogen) atoms. The van der Waals surface area contributed by atoms with Gasteiger partial charge in [-0.15, -0.1) is 0 Å². The van der Waals surface area contributed by atoms with Crippen molar-refractivity contribution in [1.82, 2.24) is 10.5 Å². The summed E-state index contributed by atoms with van der Waals surface area (Å²) in [6.45, 7) is 0.270. The van der Waals surface area contributed by atoms with E-state index in [9.17, 15) is 4.79 Å². The van der Waals surface area contributed by atoms with E-state index in [-0.39, 0.29) is 6.73 Å². The molecular formula is C2H4N2O3. The SMILES string of the molecule is O=C(NO)N1CO1. The van der Waals surface area contributed by atoms with Crippen LogP contribution < -0.4 is 5.48 Å². The van der Waals surface area contributed by atoms with Crippen molar-refractivity contribution in [1.29, 1.82) is 0 Å². The van der Waals surface area contributed by atoms with Gasteiger partial charge in [0.2, 0.25) is 0 Å². The van der Waals surface area contributed by atoms with Crippen molar-refractivity contribution >= 4 is 6.03 Å². The number of carbonyl (C=O) groups excluding carboxylic acids is 1. The van der Waals surface area contributed by atoms with Crippen LogP contribution in [-0.4, -0.2) is 23.0 Å². The number of hydrogen-bond acceptors (Lipinski definition) is 3. The Kier molecular flexibility index (Phi) is 0.844. The van der Waals surface area contributed by atoms with Crippen LogP contribution in [0.3, 0.4) is 0 Å². The Hall–Kier alpha value is -0.810. The highest BCUT2D eigenvalue weighted by Crippen LogP contribution is 2.04. The van der Waals surface area contributed by atoms with E-state index in [1.165, 1.54) is 5.48 Å². The van der Waals surface area contributed by atoms with Crippen molar-refractivity contribution in [3.8, 4) is 0 Å². The van der Waals surface area contributed by atoms with Gasteiger partial charge in [-0.2, -0.15) is 5.06 Å². The van der Waals surface area contributed by atoms with E-state index in [1.807, 2.05) is 0 Å². The molecule has 1 aliphatic rings. The normalized spacial score (nSPS) is 16.4. The van der Waals surface area contributed by atoms with Gasteiger partial charge in [-0.25, -0.2) is 15.1 Å². The summed E-state index contributed by atoms with van der Waals surface area (Å²) < 4.78 is 0. The molecule has 0 aromatic rings. The molecule has 5 nitrogen and oxygen atoms in total. The summed E-state index contributed by atoms with van der Waals surface area (Å²) in [7, 11) is 0.